The van der Waals surface area contributed by atoms with E-state index in [-0.39, 0.29) is 0 Å². The van der Waals surface area contributed by atoms with Crippen molar-refractivity contribution in [3.63, 3.8) is 0 Å². The molecule has 3 aliphatic rings. The molecule has 0 radical (unpaired) electrons. The van der Waals surface area contributed by atoms with E-state index < -0.39 is 0 Å². The van der Waals surface area contributed by atoms with Crippen LogP contribution in [0.4, 0.5) is 0 Å². The number of amidine groups is 1. The summed E-state index contributed by atoms with van der Waals surface area (Å²) in [6.45, 7) is 2.41. The molecule has 0 unspecified atom stereocenters. The zero-order chi connectivity index (χ0) is 11.7. The Bertz CT molecular complexity index is 302. The van der Waals surface area contributed by atoms with Crippen LogP contribution in [0.2, 0.25) is 0 Å². The molecule has 0 aromatic rings. The molecule has 2 saturated heterocycles. The molecule has 0 bridgehead atoms. The second-order valence-electron chi connectivity index (χ2n) is 5.87. The first-order valence-electron chi connectivity index (χ1n) is 6.93. The topological polar surface area (TPSA) is 27.6 Å². The van der Waals surface area contributed by atoms with Crippen LogP contribution in [0.15, 0.2) is 4.99 Å². The van der Waals surface area contributed by atoms with Gasteiger partial charge in [0.2, 0.25) is 0 Å². The predicted molar refractivity (Wildman–Crippen MR) is 74.7 cm³/mol. The van der Waals surface area contributed by atoms with E-state index in [0.717, 1.165) is 0 Å². The van der Waals surface area contributed by atoms with E-state index in [1.807, 2.05) is 11.8 Å². The molecule has 3 nitrogen and oxygen atoms in total. The van der Waals surface area contributed by atoms with Gasteiger partial charge in [-0.05, 0) is 45.8 Å². The molecule has 17 heavy (non-hydrogen) atoms. The average Bonchev–Trinajstić information content (AvgIpc) is 2.94. The van der Waals surface area contributed by atoms with Crippen molar-refractivity contribution >= 4 is 16.9 Å². The third kappa shape index (κ3) is 2.63. The molecular formula is C13H23N3S. The first kappa shape index (κ1) is 11.8. The van der Waals surface area contributed by atoms with Gasteiger partial charge in [-0.25, -0.2) is 0 Å². The quantitative estimate of drug-likeness (QED) is 0.775. The molecule has 96 valence electrons. The lowest BCUT2D eigenvalue weighted by molar-refractivity contribution is 0.257. The fourth-order valence-corrected chi connectivity index (χ4v) is 4.47. The van der Waals surface area contributed by atoms with Gasteiger partial charge in [-0.15, -0.1) is 0 Å². The number of aliphatic imine (C=N–C) groups is 1. The molecule has 4 heteroatoms. The Labute approximate surface area is 108 Å². The minimum atomic E-state index is 0.426. The van der Waals surface area contributed by atoms with Gasteiger partial charge in [0.25, 0.3) is 0 Å². The lowest BCUT2D eigenvalue weighted by Gasteiger charge is -2.27. The van der Waals surface area contributed by atoms with Gasteiger partial charge in [0, 0.05) is 11.3 Å². The molecule has 2 aliphatic heterocycles. The Hall–Kier alpha value is -0.220. The van der Waals surface area contributed by atoms with Crippen molar-refractivity contribution in [3.05, 3.63) is 0 Å². The van der Waals surface area contributed by atoms with E-state index in [1.54, 1.807) is 0 Å². The predicted octanol–water partition coefficient (Wildman–Crippen LogP) is 2.09. The number of hydrogen-bond acceptors (Lipinski definition) is 3. The van der Waals surface area contributed by atoms with Gasteiger partial charge in [0.15, 0.2) is 5.17 Å². The summed E-state index contributed by atoms with van der Waals surface area (Å²) in [5.41, 5.74) is 0.426. The van der Waals surface area contributed by atoms with Crippen molar-refractivity contribution in [3.8, 4) is 0 Å². The van der Waals surface area contributed by atoms with Crippen molar-refractivity contribution in [2.45, 2.75) is 50.1 Å². The van der Waals surface area contributed by atoms with Crippen LogP contribution in [-0.2, 0) is 0 Å². The number of likely N-dealkylation sites (tertiary alicyclic amines) is 1. The van der Waals surface area contributed by atoms with E-state index in [2.05, 4.69) is 17.3 Å². The number of piperidine rings is 1. The largest absolute Gasteiger partial charge is 0.359 e. The van der Waals surface area contributed by atoms with Gasteiger partial charge in [0.1, 0.15) is 0 Å². The van der Waals surface area contributed by atoms with Gasteiger partial charge < -0.3 is 10.2 Å². The molecule has 0 aromatic carbocycles. The summed E-state index contributed by atoms with van der Waals surface area (Å²) in [4.78, 5) is 7.34. The molecule has 0 amide bonds. The van der Waals surface area contributed by atoms with Crippen molar-refractivity contribution in [2.75, 3.05) is 25.9 Å². The Morgan fingerprint density at radius 2 is 2.00 bits per heavy atom. The summed E-state index contributed by atoms with van der Waals surface area (Å²) in [6, 6.07) is 0.567. The molecule has 3 rings (SSSR count). The fraction of sp³-hybridized carbons (Fsp3) is 0.923. The molecule has 0 atom stereocenters. The molecule has 3 fully saturated rings. The van der Waals surface area contributed by atoms with E-state index >= 15 is 0 Å². The van der Waals surface area contributed by atoms with Crippen LogP contribution in [0.25, 0.3) is 0 Å². The molecule has 1 N–H and O–H groups in total. The van der Waals surface area contributed by atoms with Gasteiger partial charge in [-0.3, -0.25) is 4.99 Å². The maximum absolute atomic E-state index is 4.93. The summed E-state index contributed by atoms with van der Waals surface area (Å²) >= 11 is 1.96. The number of nitrogens with zero attached hydrogens (tertiary/aromatic N) is 2. The van der Waals surface area contributed by atoms with Gasteiger partial charge in [-0.2, -0.15) is 0 Å². The molecule has 2 heterocycles. The number of hydrogen-bond donors (Lipinski definition) is 1. The molecule has 1 saturated carbocycles. The summed E-state index contributed by atoms with van der Waals surface area (Å²) in [6.07, 6.45) is 7.97. The Morgan fingerprint density at radius 1 is 1.29 bits per heavy atom. The van der Waals surface area contributed by atoms with Gasteiger partial charge in [0.05, 0.1) is 6.04 Å². The maximum atomic E-state index is 4.93. The lowest BCUT2D eigenvalue weighted by Crippen LogP contribution is -2.41. The minimum absolute atomic E-state index is 0.426. The fourth-order valence-electron chi connectivity index (χ4n) is 3.19. The normalized spacial score (nSPS) is 32.4. The molecule has 1 spiro atoms. The van der Waals surface area contributed by atoms with E-state index in [4.69, 9.17) is 4.99 Å². The Morgan fingerprint density at radius 3 is 2.71 bits per heavy atom. The van der Waals surface area contributed by atoms with Crippen molar-refractivity contribution < 1.29 is 0 Å². The number of rotatable bonds is 1. The first-order valence-corrected chi connectivity index (χ1v) is 7.92. The van der Waals surface area contributed by atoms with Crippen molar-refractivity contribution in [1.82, 2.24) is 10.2 Å². The van der Waals surface area contributed by atoms with Gasteiger partial charge >= 0.3 is 0 Å². The summed E-state index contributed by atoms with van der Waals surface area (Å²) in [7, 11) is 2.21. The average molecular weight is 253 g/mol. The van der Waals surface area contributed by atoms with Gasteiger partial charge in [-0.1, -0.05) is 24.6 Å². The minimum Gasteiger partial charge on any atom is -0.359 e. The summed E-state index contributed by atoms with van der Waals surface area (Å²) in [5, 5.41) is 4.96. The SMILES string of the molecule is CN1CCC(N=C2NC3(CCCC3)CS2)CC1. The van der Waals surface area contributed by atoms with Crippen molar-refractivity contribution in [1.29, 1.82) is 0 Å². The Kier molecular flexibility index (Phi) is 3.35. The van der Waals surface area contributed by atoms with Crippen LogP contribution in [0, 0.1) is 0 Å². The molecule has 0 aromatic heterocycles. The monoisotopic (exact) mass is 253 g/mol. The second kappa shape index (κ2) is 4.81. The highest BCUT2D eigenvalue weighted by atomic mass is 32.2. The third-order valence-electron chi connectivity index (χ3n) is 4.41. The summed E-state index contributed by atoms with van der Waals surface area (Å²) in [5.74, 6) is 1.25. The highest BCUT2D eigenvalue weighted by Crippen LogP contribution is 2.37. The smallest absolute Gasteiger partial charge is 0.157 e. The van der Waals surface area contributed by atoms with Crippen LogP contribution in [0.5, 0.6) is 0 Å². The Balaban J connectivity index is 1.58. The van der Waals surface area contributed by atoms with Crippen LogP contribution in [0.1, 0.15) is 38.5 Å². The lowest BCUT2D eigenvalue weighted by atomic mass is 10.0. The van der Waals surface area contributed by atoms with Crippen LogP contribution < -0.4 is 5.32 Å². The number of nitrogens with one attached hydrogen (secondary N) is 1. The van der Waals surface area contributed by atoms with E-state index in [9.17, 15) is 0 Å². The van der Waals surface area contributed by atoms with E-state index in [1.165, 1.54) is 62.5 Å². The zero-order valence-corrected chi connectivity index (χ0v) is 11.6. The second-order valence-corrected chi connectivity index (χ2v) is 6.83. The standard InChI is InChI=1S/C13H23N3S/c1-16-8-4-11(5-9-16)14-12-15-13(10-17-12)6-2-3-7-13/h11H,2-10H2,1H3,(H,14,15). The highest BCUT2D eigenvalue weighted by Gasteiger charge is 2.39. The van der Waals surface area contributed by atoms with Crippen LogP contribution in [0.3, 0.4) is 0 Å². The third-order valence-corrected chi connectivity index (χ3v) is 5.58. The van der Waals surface area contributed by atoms with Crippen LogP contribution >= 0.6 is 11.8 Å². The first-order chi connectivity index (χ1) is 8.26. The summed E-state index contributed by atoms with van der Waals surface area (Å²) < 4.78 is 0. The maximum Gasteiger partial charge on any atom is 0.157 e. The number of thioether (sulfide) groups is 1. The zero-order valence-electron chi connectivity index (χ0n) is 10.7. The molecular weight excluding hydrogens is 230 g/mol. The highest BCUT2D eigenvalue weighted by molar-refractivity contribution is 8.14. The van der Waals surface area contributed by atoms with E-state index in [0.29, 0.717) is 11.6 Å². The molecule has 1 aliphatic carbocycles. The van der Waals surface area contributed by atoms with Crippen LogP contribution in [-0.4, -0.2) is 47.5 Å². The van der Waals surface area contributed by atoms with Crippen molar-refractivity contribution in [2.24, 2.45) is 4.99 Å².